The van der Waals surface area contributed by atoms with Crippen LogP contribution in [-0.2, 0) is 16.1 Å². The first-order chi connectivity index (χ1) is 12.7. The van der Waals surface area contributed by atoms with Crippen molar-refractivity contribution < 1.29 is 9.53 Å². The lowest BCUT2D eigenvalue weighted by atomic mass is 10.2. The summed E-state index contributed by atoms with van der Waals surface area (Å²) in [6.07, 6.45) is 0. The molecular weight excluding hydrogens is 326 g/mol. The van der Waals surface area contributed by atoms with Crippen molar-refractivity contribution >= 4 is 28.2 Å². The number of anilines is 2. The molecule has 1 saturated heterocycles. The first kappa shape index (κ1) is 16.7. The molecule has 2 aromatic carbocycles. The number of para-hydroxylation sites is 1. The van der Waals surface area contributed by atoms with Crippen LogP contribution in [0.3, 0.4) is 0 Å². The average molecular weight is 349 g/mol. The zero-order chi connectivity index (χ0) is 17.9. The number of amides is 1. The van der Waals surface area contributed by atoms with E-state index in [2.05, 4.69) is 34.5 Å². The van der Waals surface area contributed by atoms with Crippen LogP contribution in [0, 0.1) is 6.92 Å². The lowest BCUT2D eigenvalue weighted by Crippen LogP contribution is -2.36. The Balaban J connectivity index is 1.43. The number of hydrogen-bond donors (Lipinski definition) is 1. The number of ether oxygens (including phenoxy) is 1. The third-order valence-corrected chi connectivity index (χ3v) is 4.85. The molecule has 0 saturated carbocycles. The van der Waals surface area contributed by atoms with Gasteiger partial charge < -0.3 is 19.5 Å². The van der Waals surface area contributed by atoms with E-state index in [9.17, 15) is 4.79 Å². The minimum Gasteiger partial charge on any atom is -0.378 e. The molecule has 0 bridgehead atoms. The number of carbonyl (C=O) groups excluding carboxylic acids is 1. The van der Waals surface area contributed by atoms with E-state index in [0.29, 0.717) is 6.54 Å². The van der Waals surface area contributed by atoms with Crippen molar-refractivity contribution in [3.05, 3.63) is 60.3 Å². The molecule has 2 heterocycles. The highest BCUT2D eigenvalue weighted by Crippen LogP contribution is 2.21. The summed E-state index contributed by atoms with van der Waals surface area (Å²) in [4.78, 5) is 14.8. The van der Waals surface area contributed by atoms with Crippen LogP contribution >= 0.6 is 0 Å². The van der Waals surface area contributed by atoms with Gasteiger partial charge in [-0.3, -0.25) is 4.79 Å². The van der Waals surface area contributed by atoms with E-state index in [1.54, 1.807) is 0 Å². The molecule has 1 aliphatic rings. The summed E-state index contributed by atoms with van der Waals surface area (Å²) in [6.45, 7) is 5.69. The summed E-state index contributed by atoms with van der Waals surface area (Å²) in [6, 6.07) is 18.3. The molecule has 5 nitrogen and oxygen atoms in total. The molecule has 4 rings (SSSR count). The minimum atomic E-state index is -0.0198. The molecular formula is C21H23N3O2. The van der Waals surface area contributed by atoms with Crippen LogP contribution in [0.15, 0.2) is 54.6 Å². The number of benzene rings is 2. The molecule has 0 aliphatic carbocycles. The molecule has 1 aliphatic heterocycles. The summed E-state index contributed by atoms with van der Waals surface area (Å²) in [5.74, 6) is -0.0198. The Morgan fingerprint density at radius 2 is 1.81 bits per heavy atom. The van der Waals surface area contributed by atoms with Gasteiger partial charge in [-0.15, -0.1) is 0 Å². The van der Waals surface area contributed by atoms with Crippen LogP contribution in [-0.4, -0.2) is 36.8 Å². The summed E-state index contributed by atoms with van der Waals surface area (Å²) < 4.78 is 7.44. The zero-order valence-corrected chi connectivity index (χ0v) is 14.9. The summed E-state index contributed by atoms with van der Waals surface area (Å²) >= 11 is 0. The van der Waals surface area contributed by atoms with Gasteiger partial charge in [0.1, 0.15) is 6.54 Å². The van der Waals surface area contributed by atoms with E-state index in [1.165, 1.54) is 5.69 Å². The second kappa shape index (κ2) is 7.22. The number of carbonyl (C=O) groups is 1. The topological polar surface area (TPSA) is 46.5 Å². The second-order valence-electron chi connectivity index (χ2n) is 6.63. The maximum absolute atomic E-state index is 12.5. The van der Waals surface area contributed by atoms with Crippen LogP contribution < -0.4 is 10.2 Å². The zero-order valence-electron chi connectivity index (χ0n) is 14.9. The molecule has 0 unspecified atom stereocenters. The lowest BCUT2D eigenvalue weighted by Gasteiger charge is -2.28. The van der Waals surface area contributed by atoms with Crippen LogP contribution in [0.5, 0.6) is 0 Å². The second-order valence-corrected chi connectivity index (χ2v) is 6.63. The largest absolute Gasteiger partial charge is 0.378 e. The predicted molar refractivity (Wildman–Crippen MR) is 105 cm³/mol. The van der Waals surface area contributed by atoms with Crippen LogP contribution in [0.25, 0.3) is 10.9 Å². The number of rotatable bonds is 4. The Kier molecular flexibility index (Phi) is 4.63. The number of aryl methyl sites for hydroxylation is 1. The molecule has 5 heteroatoms. The van der Waals surface area contributed by atoms with Gasteiger partial charge in [0, 0.05) is 35.7 Å². The number of morpholine rings is 1. The first-order valence-corrected chi connectivity index (χ1v) is 8.98. The predicted octanol–water partition coefficient (Wildman–Crippen LogP) is 3.43. The molecule has 26 heavy (non-hydrogen) atoms. The summed E-state index contributed by atoms with van der Waals surface area (Å²) in [5.41, 5.74) is 4.16. The number of hydrogen-bond acceptors (Lipinski definition) is 3. The molecule has 1 amide bonds. The molecule has 1 aromatic heterocycles. The van der Waals surface area contributed by atoms with Gasteiger partial charge in [-0.05, 0) is 48.7 Å². The van der Waals surface area contributed by atoms with E-state index >= 15 is 0 Å². The van der Waals surface area contributed by atoms with Crippen LogP contribution in [0.4, 0.5) is 11.4 Å². The smallest absolute Gasteiger partial charge is 0.244 e. The highest BCUT2D eigenvalue weighted by Gasteiger charge is 2.12. The lowest BCUT2D eigenvalue weighted by molar-refractivity contribution is -0.116. The summed E-state index contributed by atoms with van der Waals surface area (Å²) in [5, 5.41) is 4.16. The van der Waals surface area contributed by atoms with E-state index < -0.39 is 0 Å². The van der Waals surface area contributed by atoms with Gasteiger partial charge in [0.05, 0.1) is 13.2 Å². The normalized spacial score (nSPS) is 14.6. The van der Waals surface area contributed by atoms with Crippen LogP contribution in [0.2, 0.25) is 0 Å². The van der Waals surface area contributed by atoms with Crippen molar-refractivity contribution in [1.29, 1.82) is 0 Å². The Hall–Kier alpha value is -2.79. The first-order valence-electron chi connectivity index (χ1n) is 8.98. The molecule has 134 valence electrons. The van der Waals surface area contributed by atoms with Crippen molar-refractivity contribution in [2.45, 2.75) is 13.5 Å². The van der Waals surface area contributed by atoms with E-state index in [4.69, 9.17) is 4.74 Å². The van der Waals surface area contributed by atoms with Gasteiger partial charge in [0.25, 0.3) is 0 Å². The Labute approximate surface area is 153 Å². The fourth-order valence-corrected chi connectivity index (χ4v) is 3.48. The average Bonchev–Trinajstić information content (AvgIpc) is 2.98. The van der Waals surface area contributed by atoms with Crippen molar-refractivity contribution in [3.8, 4) is 0 Å². The van der Waals surface area contributed by atoms with Gasteiger partial charge in [-0.25, -0.2) is 0 Å². The maximum atomic E-state index is 12.5. The van der Waals surface area contributed by atoms with Crippen molar-refractivity contribution in [2.75, 3.05) is 36.5 Å². The SMILES string of the molecule is Cc1cc2ccccc2n1CC(=O)Nc1ccc(N2CCOCC2)cc1. The molecule has 3 aromatic rings. The van der Waals surface area contributed by atoms with Crippen molar-refractivity contribution in [2.24, 2.45) is 0 Å². The highest BCUT2D eigenvalue weighted by molar-refractivity contribution is 5.92. The number of nitrogens with zero attached hydrogens (tertiary/aromatic N) is 2. The fourth-order valence-electron chi connectivity index (χ4n) is 3.48. The van der Waals surface area contributed by atoms with Crippen LogP contribution in [0.1, 0.15) is 5.69 Å². The molecule has 1 fully saturated rings. The Morgan fingerprint density at radius 1 is 1.08 bits per heavy atom. The van der Waals surface area contributed by atoms with Crippen molar-refractivity contribution in [1.82, 2.24) is 4.57 Å². The van der Waals surface area contributed by atoms with Gasteiger partial charge in [0.2, 0.25) is 5.91 Å². The molecule has 0 atom stereocenters. The monoisotopic (exact) mass is 349 g/mol. The quantitative estimate of drug-likeness (QED) is 0.785. The van der Waals surface area contributed by atoms with Gasteiger partial charge >= 0.3 is 0 Å². The van der Waals surface area contributed by atoms with Crippen molar-refractivity contribution in [3.63, 3.8) is 0 Å². The number of nitrogens with one attached hydrogen (secondary N) is 1. The Bertz CT molecular complexity index is 909. The number of aromatic nitrogens is 1. The van der Waals surface area contributed by atoms with E-state index in [1.807, 2.05) is 41.8 Å². The maximum Gasteiger partial charge on any atom is 0.244 e. The minimum absolute atomic E-state index is 0.0198. The fraction of sp³-hybridized carbons (Fsp3) is 0.286. The third kappa shape index (κ3) is 3.44. The molecule has 1 N–H and O–H groups in total. The van der Waals surface area contributed by atoms with Gasteiger partial charge in [0.15, 0.2) is 0 Å². The standard InChI is InChI=1S/C21H23N3O2/c1-16-14-17-4-2-3-5-20(17)24(16)15-21(25)22-18-6-8-19(9-7-18)23-10-12-26-13-11-23/h2-9,14H,10-13,15H2,1H3,(H,22,25). The van der Waals surface area contributed by atoms with Gasteiger partial charge in [-0.1, -0.05) is 18.2 Å². The third-order valence-electron chi connectivity index (χ3n) is 4.85. The van der Waals surface area contributed by atoms with Gasteiger partial charge in [-0.2, -0.15) is 0 Å². The summed E-state index contributed by atoms with van der Waals surface area (Å²) in [7, 11) is 0. The highest BCUT2D eigenvalue weighted by atomic mass is 16.5. The molecule has 0 radical (unpaired) electrons. The van der Waals surface area contributed by atoms with E-state index in [-0.39, 0.29) is 5.91 Å². The Morgan fingerprint density at radius 3 is 2.58 bits per heavy atom. The van der Waals surface area contributed by atoms with E-state index in [0.717, 1.165) is 48.6 Å². The molecule has 0 spiro atoms. The number of fused-ring (bicyclic) bond motifs is 1.